The average molecular weight is 462 g/mol. The van der Waals surface area contributed by atoms with Crippen molar-refractivity contribution in [3.05, 3.63) is 70.2 Å². The molecule has 0 bridgehead atoms. The minimum absolute atomic E-state index is 0.103. The molecule has 5 heteroatoms. The molecule has 0 N–H and O–H groups in total. The molecular formula is C23H28BrNO2S. The zero-order chi connectivity index (χ0) is 20.4. The second-order valence-corrected chi connectivity index (χ2v) is 11.2. The van der Waals surface area contributed by atoms with Gasteiger partial charge in [-0.05, 0) is 61.4 Å². The maximum Gasteiger partial charge on any atom is 0.243 e. The summed E-state index contributed by atoms with van der Waals surface area (Å²) in [6.07, 6.45) is 6.81. The molecule has 1 unspecified atom stereocenters. The number of benzene rings is 2. The van der Waals surface area contributed by atoms with Crippen molar-refractivity contribution < 1.29 is 8.42 Å². The Labute approximate surface area is 177 Å². The van der Waals surface area contributed by atoms with E-state index in [1.807, 2.05) is 49.4 Å². The third-order valence-electron chi connectivity index (χ3n) is 5.37. The Balaban J connectivity index is 1.95. The summed E-state index contributed by atoms with van der Waals surface area (Å²) >= 11 is 3.45. The molecule has 28 heavy (non-hydrogen) atoms. The molecule has 0 saturated carbocycles. The standard InChI is InChI=1S/C23H28BrNO2S/c1-18-5-13-22(14-6-18)28(26,27)25-16-4-15-23(2,3)17-21(25)12-9-19-7-10-20(24)11-8-19/h5-14,21H,4,15-17H2,1-3H3/b12-9+. The highest BCUT2D eigenvalue weighted by Crippen LogP contribution is 2.36. The number of aryl methyl sites for hydroxylation is 1. The van der Waals surface area contributed by atoms with Crippen LogP contribution in [0, 0.1) is 12.3 Å². The first-order valence-corrected chi connectivity index (χ1v) is 11.9. The first kappa shape index (κ1) is 21.3. The van der Waals surface area contributed by atoms with E-state index in [0.717, 1.165) is 34.9 Å². The van der Waals surface area contributed by atoms with E-state index in [1.54, 1.807) is 16.4 Å². The van der Waals surface area contributed by atoms with Gasteiger partial charge in [-0.15, -0.1) is 0 Å². The van der Waals surface area contributed by atoms with E-state index >= 15 is 0 Å². The van der Waals surface area contributed by atoms with Crippen molar-refractivity contribution in [2.45, 2.75) is 51.0 Å². The first-order valence-electron chi connectivity index (χ1n) is 9.70. The Kier molecular flexibility index (Phi) is 6.47. The minimum Gasteiger partial charge on any atom is -0.207 e. The summed E-state index contributed by atoms with van der Waals surface area (Å²) in [6, 6.07) is 15.1. The summed E-state index contributed by atoms with van der Waals surface area (Å²) in [6.45, 7) is 6.98. The van der Waals surface area contributed by atoms with Crippen LogP contribution in [0.15, 0.2) is 64.0 Å². The molecule has 0 amide bonds. The fourth-order valence-corrected chi connectivity index (χ4v) is 5.64. The average Bonchev–Trinajstić information content (AvgIpc) is 2.79. The van der Waals surface area contributed by atoms with Crippen molar-refractivity contribution >= 4 is 32.0 Å². The van der Waals surface area contributed by atoms with E-state index in [-0.39, 0.29) is 11.5 Å². The van der Waals surface area contributed by atoms with Crippen LogP contribution in [0.4, 0.5) is 0 Å². The van der Waals surface area contributed by atoms with E-state index in [0.29, 0.717) is 11.4 Å². The van der Waals surface area contributed by atoms with Crippen molar-refractivity contribution in [2.75, 3.05) is 6.54 Å². The molecule has 0 aromatic heterocycles. The number of halogens is 1. The van der Waals surface area contributed by atoms with Crippen molar-refractivity contribution in [2.24, 2.45) is 5.41 Å². The van der Waals surface area contributed by atoms with Gasteiger partial charge in [-0.2, -0.15) is 4.31 Å². The number of nitrogens with zero attached hydrogens (tertiary/aromatic N) is 1. The highest BCUT2D eigenvalue weighted by molar-refractivity contribution is 9.10. The fraction of sp³-hybridized carbons (Fsp3) is 0.391. The minimum atomic E-state index is -3.54. The number of hydrogen-bond acceptors (Lipinski definition) is 2. The summed E-state index contributed by atoms with van der Waals surface area (Å²) in [5.74, 6) is 0. The largest absolute Gasteiger partial charge is 0.243 e. The zero-order valence-corrected chi connectivity index (χ0v) is 19.1. The Morgan fingerprint density at radius 1 is 1.07 bits per heavy atom. The fourth-order valence-electron chi connectivity index (χ4n) is 3.75. The Hall–Kier alpha value is -1.43. The topological polar surface area (TPSA) is 37.4 Å². The highest BCUT2D eigenvalue weighted by atomic mass is 79.9. The molecule has 3 nitrogen and oxygen atoms in total. The molecule has 1 saturated heterocycles. The van der Waals surface area contributed by atoms with Crippen LogP contribution in [-0.4, -0.2) is 25.3 Å². The third-order valence-corrected chi connectivity index (χ3v) is 7.84. The second-order valence-electron chi connectivity index (χ2n) is 8.38. The third kappa shape index (κ3) is 5.13. The van der Waals surface area contributed by atoms with Gasteiger partial charge in [0.15, 0.2) is 0 Å². The van der Waals surface area contributed by atoms with Gasteiger partial charge in [-0.25, -0.2) is 8.42 Å². The van der Waals surface area contributed by atoms with Gasteiger partial charge in [0.2, 0.25) is 10.0 Å². The van der Waals surface area contributed by atoms with Gasteiger partial charge in [0.05, 0.1) is 4.90 Å². The van der Waals surface area contributed by atoms with Gasteiger partial charge in [0.25, 0.3) is 0 Å². The number of hydrogen-bond donors (Lipinski definition) is 0. The van der Waals surface area contributed by atoms with Crippen molar-refractivity contribution in [1.29, 1.82) is 0 Å². The molecule has 1 heterocycles. The molecule has 2 aromatic carbocycles. The summed E-state index contributed by atoms with van der Waals surface area (Å²) in [7, 11) is -3.54. The first-order chi connectivity index (χ1) is 13.2. The molecule has 1 aliphatic heterocycles. The molecule has 0 spiro atoms. The van der Waals surface area contributed by atoms with Crippen molar-refractivity contribution in [1.82, 2.24) is 4.31 Å². The molecule has 3 rings (SSSR count). The predicted octanol–water partition coefficient (Wildman–Crippen LogP) is 6.04. The van der Waals surface area contributed by atoms with Gasteiger partial charge >= 0.3 is 0 Å². The van der Waals surface area contributed by atoms with E-state index in [4.69, 9.17) is 0 Å². The molecule has 2 aromatic rings. The number of sulfonamides is 1. The molecule has 150 valence electrons. The van der Waals surface area contributed by atoms with Crippen LogP contribution in [0.25, 0.3) is 6.08 Å². The SMILES string of the molecule is Cc1ccc(S(=O)(=O)N2CCCC(C)(C)CC2/C=C/c2ccc(Br)cc2)cc1. The Bertz CT molecular complexity index is 932. The van der Waals surface area contributed by atoms with Crippen LogP contribution in [0.5, 0.6) is 0 Å². The van der Waals surface area contributed by atoms with E-state index in [9.17, 15) is 8.42 Å². The maximum absolute atomic E-state index is 13.4. The van der Waals surface area contributed by atoms with Gasteiger partial charge < -0.3 is 0 Å². The lowest BCUT2D eigenvalue weighted by atomic mass is 9.83. The highest BCUT2D eigenvalue weighted by Gasteiger charge is 2.36. The predicted molar refractivity (Wildman–Crippen MR) is 120 cm³/mol. The van der Waals surface area contributed by atoms with E-state index < -0.39 is 10.0 Å². The smallest absolute Gasteiger partial charge is 0.207 e. The van der Waals surface area contributed by atoms with E-state index in [2.05, 4.69) is 35.9 Å². The van der Waals surface area contributed by atoms with E-state index in [1.165, 1.54) is 0 Å². The summed E-state index contributed by atoms with van der Waals surface area (Å²) in [5.41, 5.74) is 2.23. The van der Waals surface area contributed by atoms with Gasteiger partial charge in [-0.1, -0.05) is 71.8 Å². The lowest BCUT2D eigenvalue weighted by Crippen LogP contribution is -2.39. The van der Waals surface area contributed by atoms with Gasteiger partial charge in [0.1, 0.15) is 0 Å². The molecular weight excluding hydrogens is 434 g/mol. The van der Waals surface area contributed by atoms with Gasteiger partial charge in [0, 0.05) is 17.1 Å². The molecule has 1 atom stereocenters. The van der Waals surface area contributed by atoms with Crippen molar-refractivity contribution in [3.63, 3.8) is 0 Å². The van der Waals surface area contributed by atoms with Crippen LogP contribution < -0.4 is 0 Å². The zero-order valence-electron chi connectivity index (χ0n) is 16.7. The lowest BCUT2D eigenvalue weighted by Gasteiger charge is -2.30. The van der Waals surface area contributed by atoms with Crippen LogP contribution in [0.1, 0.15) is 44.2 Å². The normalized spacial score (nSPS) is 20.9. The molecule has 1 aliphatic rings. The Morgan fingerprint density at radius 3 is 2.36 bits per heavy atom. The van der Waals surface area contributed by atoms with Gasteiger partial charge in [-0.3, -0.25) is 0 Å². The number of rotatable bonds is 4. The van der Waals surface area contributed by atoms with Crippen LogP contribution in [-0.2, 0) is 10.0 Å². The quantitative estimate of drug-likeness (QED) is 0.556. The monoisotopic (exact) mass is 461 g/mol. The summed E-state index contributed by atoms with van der Waals surface area (Å²) in [4.78, 5) is 0.375. The summed E-state index contributed by atoms with van der Waals surface area (Å²) in [5, 5.41) is 0. The molecule has 0 aliphatic carbocycles. The maximum atomic E-state index is 13.4. The van der Waals surface area contributed by atoms with Crippen LogP contribution in [0.2, 0.25) is 0 Å². The summed E-state index contributed by atoms with van der Waals surface area (Å²) < 4.78 is 29.6. The van der Waals surface area contributed by atoms with Crippen molar-refractivity contribution in [3.8, 4) is 0 Å². The lowest BCUT2D eigenvalue weighted by molar-refractivity contribution is 0.282. The second kappa shape index (κ2) is 8.52. The molecule has 0 radical (unpaired) electrons. The Morgan fingerprint density at radius 2 is 1.71 bits per heavy atom. The van der Waals surface area contributed by atoms with Crippen LogP contribution >= 0.6 is 15.9 Å². The van der Waals surface area contributed by atoms with Crippen LogP contribution in [0.3, 0.4) is 0 Å². The molecule has 1 fully saturated rings.